The summed E-state index contributed by atoms with van der Waals surface area (Å²) in [7, 11) is 0. The molecule has 1 heterocycles. The van der Waals surface area contributed by atoms with Crippen LogP contribution in [0.3, 0.4) is 0 Å². The standard InChI is InChI=1S/C13H12ClF2N3O2/c14-9-5-8(3-4-10(9)20-13(15)16)17-6-11-18-12(19-21-11)7-1-2-7/h3-5,7,13,17H,1-2,6H2. The Kier molecular flexibility index (Phi) is 3.92. The molecular weight excluding hydrogens is 304 g/mol. The van der Waals surface area contributed by atoms with Crippen LogP contribution in [0.5, 0.6) is 5.75 Å². The zero-order chi connectivity index (χ0) is 14.8. The van der Waals surface area contributed by atoms with Crippen LogP contribution in [0, 0.1) is 0 Å². The van der Waals surface area contributed by atoms with Crippen molar-refractivity contribution in [2.45, 2.75) is 31.9 Å². The predicted octanol–water partition coefficient (Wildman–Crippen LogP) is 3.81. The number of nitrogens with one attached hydrogen (secondary N) is 1. The molecule has 5 nitrogen and oxygen atoms in total. The van der Waals surface area contributed by atoms with Crippen LogP contribution in [-0.2, 0) is 6.54 Å². The monoisotopic (exact) mass is 315 g/mol. The molecule has 1 fully saturated rings. The van der Waals surface area contributed by atoms with Crippen LogP contribution < -0.4 is 10.1 Å². The molecule has 3 rings (SSSR count). The van der Waals surface area contributed by atoms with E-state index < -0.39 is 6.61 Å². The van der Waals surface area contributed by atoms with Crippen LogP contribution in [-0.4, -0.2) is 16.8 Å². The first kappa shape index (κ1) is 14.1. The van der Waals surface area contributed by atoms with E-state index in [1.807, 2.05) is 0 Å². The second-order valence-electron chi connectivity index (χ2n) is 4.70. The van der Waals surface area contributed by atoms with E-state index in [-0.39, 0.29) is 10.8 Å². The first-order valence-corrected chi connectivity index (χ1v) is 6.80. The summed E-state index contributed by atoms with van der Waals surface area (Å²) in [6, 6.07) is 4.46. The first-order chi connectivity index (χ1) is 10.1. The summed E-state index contributed by atoms with van der Waals surface area (Å²) in [5.41, 5.74) is 0.646. The van der Waals surface area contributed by atoms with Crippen LogP contribution in [0.15, 0.2) is 22.7 Å². The van der Waals surface area contributed by atoms with Crippen molar-refractivity contribution in [1.82, 2.24) is 10.1 Å². The molecule has 1 saturated carbocycles. The van der Waals surface area contributed by atoms with E-state index in [2.05, 4.69) is 20.2 Å². The summed E-state index contributed by atoms with van der Waals surface area (Å²) in [5, 5.41) is 7.03. The van der Waals surface area contributed by atoms with Gasteiger partial charge in [-0.2, -0.15) is 13.8 Å². The minimum atomic E-state index is -2.90. The van der Waals surface area contributed by atoms with Gasteiger partial charge in [-0.05, 0) is 31.0 Å². The van der Waals surface area contributed by atoms with Gasteiger partial charge in [0.15, 0.2) is 5.82 Å². The largest absolute Gasteiger partial charge is 0.433 e. The third-order valence-corrected chi connectivity index (χ3v) is 3.31. The van der Waals surface area contributed by atoms with Crippen molar-refractivity contribution in [3.8, 4) is 5.75 Å². The number of anilines is 1. The maximum atomic E-state index is 12.1. The fourth-order valence-electron chi connectivity index (χ4n) is 1.83. The lowest BCUT2D eigenvalue weighted by Gasteiger charge is -2.09. The summed E-state index contributed by atoms with van der Waals surface area (Å²) >= 11 is 5.86. The van der Waals surface area contributed by atoms with E-state index in [1.165, 1.54) is 12.1 Å². The molecule has 0 amide bonds. The number of aromatic nitrogens is 2. The zero-order valence-electron chi connectivity index (χ0n) is 10.9. The van der Waals surface area contributed by atoms with Crippen LogP contribution in [0.25, 0.3) is 0 Å². The minimum Gasteiger partial charge on any atom is -0.433 e. The van der Waals surface area contributed by atoms with Gasteiger partial charge in [-0.1, -0.05) is 16.8 Å². The number of ether oxygens (including phenoxy) is 1. The van der Waals surface area contributed by atoms with Gasteiger partial charge in [0.25, 0.3) is 0 Å². The summed E-state index contributed by atoms with van der Waals surface area (Å²) in [6.45, 7) is -2.56. The van der Waals surface area contributed by atoms with Crippen molar-refractivity contribution in [3.63, 3.8) is 0 Å². The number of alkyl halides is 2. The van der Waals surface area contributed by atoms with Gasteiger partial charge in [-0.3, -0.25) is 0 Å². The van der Waals surface area contributed by atoms with E-state index in [0.29, 0.717) is 24.0 Å². The second-order valence-corrected chi connectivity index (χ2v) is 5.11. The van der Waals surface area contributed by atoms with Crippen LogP contribution in [0.4, 0.5) is 14.5 Å². The third-order valence-electron chi connectivity index (χ3n) is 3.02. The molecule has 112 valence electrons. The van der Waals surface area contributed by atoms with Gasteiger partial charge in [-0.25, -0.2) is 0 Å². The van der Waals surface area contributed by atoms with Crippen molar-refractivity contribution in [1.29, 1.82) is 0 Å². The number of hydrogen-bond acceptors (Lipinski definition) is 5. The van der Waals surface area contributed by atoms with Gasteiger partial charge in [0.1, 0.15) is 5.75 Å². The number of hydrogen-bond donors (Lipinski definition) is 1. The van der Waals surface area contributed by atoms with Crippen LogP contribution >= 0.6 is 11.6 Å². The van der Waals surface area contributed by atoms with Gasteiger partial charge in [0.05, 0.1) is 11.6 Å². The van der Waals surface area contributed by atoms with Crippen molar-refractivity contribution < 1.29 is 18.0 Å². The SMILES string of the molecule is FC(F)Oc1ccc(NCc2nc(C3CC3)no2)cc1Cl. The lowest BCUT2D eigenvalue weighted by atomic mass is 10.3. The highest BCUT2D eigenvalue weighted by molar-refractivity contribution is 6.32. The molecule has 2 aromatic rings. The van der Waals surface area contributed by atoms with Gasteiger partial charge in [0, 0.05) is 11.6 Å². The molecule has 0 spiro atoms. The molecule has 8 heteroatoms. The lowest BCUT2D eigenvalue weighted by Crippen LogP contribution is -2.03. The molecule has 0 bridgehead atoms. The molecule has 1 N–H and O–H groups in total. The topological polar surface area (TPSA) is 60.2 Å². The number of rotatable bonds is 6. The minimum absolute atomic E-state index is 0.0639. The molecular formula is C13H12ClF2N3O2. The fraction of sp³-hybridized carbons (Fsp3) is 0.385. The summed E-state index contributed by atoms with van der Waals surface area (Å²) in [4.78, 5) is 4.27. The molecule has 1 aromatic carbocycles. The summed E-state index contributed by atoms with van der Waals surface area (Å²) < 4.78 is 33.6. The van der Waals surface area contributed by atoms with Crippen LogP contribution in [0.2, 0.25) is 5.02 Å². The van der Waals surface area contributed by atoms with Crippen molar-refractivity contribution in [2.75, 3.05) is 5.32 Å². The van der Waals surface area contributed by atoms with E-state index in [4.69, 9.17) is 16.1 Å². The fourth-order valence-corrected chi connectivity index (χ4v) is 2.05. The molecule has 0 saturated heterocycles. The summed E-state index contributed by atoms with van der Waals surface area (Å²) in [5.74, 6) is 1.58. The highest BCUT2D eigenvalue weighted by Crippen LogP contribution is 2.38. The van der Waals surface area contributed by atoms with Crippen molar-refractivity contribution >= 4 is 17.3 Å². The van der Waals surface area contributed by atoms with E-state index in [0.717, 1.165) is 18.7 Å². The quantitative estimate of drug-likeness (QED) is 0.878. The molecule has 0 unspecified atom stereocenters. The smallest absolute Gasteiger partial charge is 0.387 e. The van der Waals surface area contributed by atoms with Gasteiger partial charge in [-0.15, -0.1) is 0 Å². The van der Waals surface area contributed by atoms with E-state index >= 15 is 0 Å². The van der Waals surface area contributed by atoms with Crippen LogP contribution in [0.1, 0.15) is 30.5 Å². The Morgan fingerprint density at radius 3 is 2.90 bits per heavy atom. The van der Waals surface area contributed by atoms with Crippen molar-refractivity contribution in [2.24, 2.45) is 0 Å². The average molecular weight is 316 g/mol. The molecule has 21 heavy (non-hydrogen) atoms. The van der Waals surface area contributed by atoms with E-state index in [9.17, 15) is 8.78 Å². The maximum absolute atomic E-state index is 12.1. The van der Waals surface area contributed by atoms with Crippen molar-refractivity contribution in [3.05, 3.63) is 34.9 Å². The van der Waals surface area contributed by atoms with E-state index in [1.54, 1.807) is 6.07 Å². The Balaban J connectivity index is 1.60. The normalized spacial score (nSPS) is 14.5. The number of nitrogens with zero attached hydrogens (tertiary/aromatic N) is 2. The average Bonchev–Trinajstić information content (AvgIpc) is 3.18. The van der Waals surface area contributed by atoms with Gasteiger partial charge in [0.2, 0.25) is 5.89 Å². The summed E-state index contributed by atoms with van der Waals surface area (Å²) in [6.07, 6.45) is 2.21. The van der Waals surface area contributed by atoms with Gasteiger partial charge >= 0.3 is 6.61 Å². The lowest BCUT2D eigenvalue weighted by molar-refractivity contribution is -0.0497. The first-order valence-electron chi connectivity index (χ1n) is 6.42. The molecule has 0 atom stereocenters. The molecule has 1 aliphatic rings. The number of halogens is 3. The van der Waals surface area contributed by atoms with Gasteiger partial charge < -0.3 is 14.6 Å². The Hall–Kier alpha value is -1.89. The third kappa shape index (κ3) is 3.60. The highest BCUT2D eigenvalue weighted by Gasteiger charge is 2.28. The Bertz CT molecular complexity index is 632. The highest BCUT2D eigenvalue weighted by atomic mass is 35.5. The Labute approximate surface area is 124 Å². The maximum Gasteiger partial charge on any atom is 0.387 e. The zero-order valence-corrected chi connectivity index (χ0v) is 11.6. The predicted molar refractivity (Wildman–Crippen MR) is 71.7 cm³/mol. The molecule has 0 aliphatic heterocycles. The molecule has 0 radical (unpaired) electrons. The molecule has 1 aliphatic carbocycles. The number of benzene rings is 1. The Morgan fingerprint density at radius 1 is 1.43 bits per heavy atom. The second kappa shape index (κ2) is 5.85. The molecule has 1 aromatic heterocycles. The Morgan fingerprint density at radius 2 is 2.24 bits per heavy atom.